The molecule has 1 aliphatic rings. The van der Waals surface area contributed by atoms with Gasteiger partial charge in [0.05, 0.1) is 7.11 Å². The van der Waals surface area contributed by atoms with E-state index >= 15 is 0 Å². The second-order valence-electron chi connectivity index (χ2n) is 9.52. The summed E-state index contributed by atoms with van der Waals surface area (Å²) in [4.78, 5) is 3.88. The van der Waals surface area contributed by atoms with Crippen molar-refractivity contribution in [3.63, 3.8) is 0 Å². The van der Waals surface area contributed by atoms with Crippen LogP contribution in [-0.4, -0.2) is 60.2 Å². The molecule has 0 saturated carbocycles. The van der Waals surface area contributed by atoms with Crippen molar-refractivity contribution in [2.75, 3.05) is 39.0 Å². The third kappa shape index (κ3) is 10.8. The topological polar surface area (TPSA) is 65.0 Å². The van der Waals surface area contributed by atoms with Crippen molar-refractivity contribution in [1.82, 2.24) is 10.2 Å². The van der Waals surface area contributed by atoms with Gasteiger partial charge >= 0.3 is 0 Å². The molecule has 0 unspecified atom stereocenters. The molecule has 0 amide bonds. The number of hydrogen-bond donors (Lipinski definition) is 3. The maximum atomic E-state index is 10.2. The highest BCUT2D eigenvalue weighted by atomic mass is 35.5. The number of benzene rings is 2. The van der Waals surface area contributed by atoms with Gasteiger partial charge in [-0.05, 0) is 101 Å². The van der Waals surface area contributed by atoms with E-state index < -0.39 is 0 Å². The fourth-order valence-corrected chi connectivity index (χ4v) is 6.02. The molecule has 3 rings (SSSR count). The lowest BCUT2D eigenvalue weighted by Crippen LogP contribution is -2.40. The van der Waals surface area contributed by atoms with E-state index in [-0.39, 0.29) is 36.3 Å². The Bertz CT molecular complexity index is 903. The molecule has 0 radical (unpaired) electrons. The number of rotatable bonds is 16. The summed E-state index contributed by atoms with van der Waals surface area (Å²) in [6, 6.07) is 12.4. The number of fused-ring (bicyclic) bond motifs is 1. The number of nitrogens with zero attached hydrogens (tertiary/aromatic N) is 1. The van der Waals surface area contributed by atoms with Crippen molar-refractivity contribution in [1.29, 1.82) is 0 Å². The van der Waals surface area contributed by atoms with Crippen molar-refractivity contribution in [2.45, 2.75) is 75.6 Å². The van der Waals surface area contributed by atoms with E-state index in [0.29, 0.717) is 6.04 Å². The molecular formula is C29H46Cl2N2O3S. The Morgan fingerprint density at radius 3 is 2.51 bits per heavy atom. The Morgan fingerprint density at radius 1 is 0.973 bits per heavy atom. The van der Waals surface area contributed by atoms with Crippen LogP contribution in [0.15, 0.2) is 41.3 Å². The van der Waals surface area contributed by atoms with Crippen LogP contribution in [0, 0.1) is 0 Å². The lowest BCUT2D eigenvalue weighted by atomic mass is 9.86. The summed E-state index contributed by atoms with van der Waals surface area (Å²) in [6.45, 7) is 6.73. The number of methoxy groups -OCH3 is 1. The molecule has 2 aromatic rings. The molecule has 1 aliphatic carbocycles. The zero-order chi connectivity index (χ0) is 24.9. The molecule has 0 saturated heterocycles. The van der Waals surface area contributed by atoms with Gasteiger partial charge in [-0.3, -0.25) is 0 Å². The molecule has 0 bridgehead atoms. The number of halogens is 2. The SMILES string of the molecule is CCCN(CCCCCCNCCCSc1ccccc1OC)[C@H]1CCc2c(ccc(O)c2O)C1.Cl.Cl. The van der Waals surface area contributed by atoms with Crippen LogP contribution in [0.4, 0.5) is 0 Å². The molecular weight excluding hydrogens is 527 g/mol. The third-order valence-electron chi connectivity index (χ3n) is 6.94. The monoisotopic (exact) mass is 572 g/mol. The standard InChI is InChI=1S/C29H44N2O3S.2ClH/c1-3-19-31(24-14-15-25-23(22-24)13-16-26(32)29(25)33)20-9-5-4-8-17-30-18-10-21-35-28-12-7-6-11-27(28)34-2;;/h6-7,11-13,16,24,30,32-33H,3-5,8-10,14-15,17-22H2,1-2H3;2*1H/t24-;;/m0../s1. The average Bonchev–Trinajstić information content (AvgIpc) is 2.88. The number of hydrogen-bond acceptors (Lipinski definition) is 6. The van der Waals surface area contributed by atoms with Crippen molar-refractivity contribution < 1.29 is 14.9 Å². The number of phenols is 2. The van der Waals surface area contributed by atoms with Crippen molar-refractivity contribution in [3.05, 3.63) is 47.5 Å². The molecule has 0 spiro atoms. The molecule has 1 atom stereocenters. The molecule has 0 aliphatic heterocycles. The van der Waals surface area contributed by atoms with E-state index in [1.165, 1.54) is 42.6 Å². The summed E-state index contributed by atoms with van der Waals surface area (Å²) in [7, 11) is 1.73. The number of phenolic OH excluding ortho intramolecular Hbond substituents is 2. The number of thioether (sulfide) groups is 1. The Labute approximate surface area is 240 Å². The van der Waals surface area contributed by atoms with Gasteiger partial charge in [0.25, 0.3) is 0 Å². The predicted octanol–water partition coefficient (Wildman–Crippen LogP) is 6.85. The fourth-order valence-electron chi connectivity index (χ4n) is 5.04. The van der Waals surface area contributed by atoms with Crippen LogP contribution in [0.3, 0.4) is 0 Å². The fraction of sp³-hybridized carbons (Fsp3) is 0.586. The zero-order valence-corrected chi connectivity index (χ0v) is 24.9. The minimum absolute atomic E-state index is 0. The van der Waals surface area contributed by atoms with Gasteiger partial charge in [0.2, 0.25) is 0 Å². The highest BCUT2D eigenvalue weighted by Gasteiger charge is 2.26. The van der Waals surface area contributed by atoms with Crippen LogP contribution in [0.5, 0.6) is 17.2 Å². The van der Waals surface area contributed by atoms with Crippen LogP contribution < -0.4 is 10.1 Å². The molecule has 210 valence electrons. The third-order valence-corrected chi connectivity index (χ3v) is 8.08. The molecule has 8 heteroatoms. The van der Waals surface area contributed by atoms with E-state index in [1.54, 1.807) is 13.2 Å². The predicted molar refractivity (Wildman–Crippen MR) is 162 cm³/mol. The zero-order valence-electron chi connectivity index (χ0n) is 22.4. The van der Waals surface area contributed by atoms with Crippen LogP contribution in [0.1, 0.15) is 63.0 Å². The van der Waals surface area contributed by atoms with E-state index in [2.05, 4.69) is 29.3 Å². The van der Waals surface area contributed by atoms with Gasteiger partial charge < -0.3 is 25.2 Å². The lowest BCUT2D eigenvalue weighted by Gasteiger charge is -2.35. The van der Waals surface area contributed by atoms with Gasteiger partial charge in [0.15, 0.2) is 11.5 Å². The van der Waals surface area contributed by atoms with Crippen LogP contribution in [0.25, 0.3) is 0 Å². The minimum Gasteiger partial charge on any atom is -0.504 e. The second-order valence-corrected chi connectivity index (χ2v) is 10.7. The number of ether oxygens (including phenoxy) is 1. The molecule has 2 aromatic carbocycles. The van der Waals surface area contributed by atoms with Crippen molar-refractivity contribution in [3.8, 4) is 17.2 Å². The van der Waals surface area contributed by atoms with Crippen LogP contribution in [0.2, 0.25) is 0 Å². The normalized spacial score (nSPS) is 14.5. The highest BCUT2D eigenvalue weighted by molar-refractivity contribution is 7.99. The largest absolute Gasteiger partial charge is 0.504 e. The first-order valence-corrected chi connectivity index (χ1v) is 14.4. The van der Waals surface area contributed by atoms with E-state index in [1.807, 2.05) is 30.0 Å². The maximum Gasteiger partial charge on any atom is 0.160 e. The van der Waals surface area contributed by atoms with Gasteiger partial charge in [0.1, 0.15) is 5.75 Å². The molecule has 5 nitrogen and oxygen atoms in total. The Morgan fingerprint density at radius 2 is 1.73 bits per heavy atom. The van der Waals surface area contributed by atoms with E-state index in [4.69, 9.17) is 4.74 Å². The van der Waals surface area contributed by atoms with Gasteiger partial charge in [0, 0.05) is 16.5 Å². The van der Waals surface area contributed by atoms with E-state index in [9.17, 15) is 10.2 Å². The van der Waals surface area contributed by atoms with Gasteiger partial charge in [-0.1, -0.05) is 38.0 Å². The van der Waals surface area contributed by atoms with Crippen molar-refractivity contribution >= 4 is 36.6 Å². The Balaban J connectivity index is 0.00000342. The summed E-state index contributed by atoms with van der Waals surface area (Å²) >= 11 is 1.87. The quantitative estimate of drug-likeness (QED) is 0.116. The number of aromatic hydroxyl groups is 2. The first kappa shape index (κ1) is 33.7. The molecule has 3 N–H and O–H groups in total. The van der Waals surface area contributed by atoms with Crippen molar-refractivity contribution in [2.24, 2.45) is 0 Å². The van der Waals surface area contributed by atoms with Gasteiger partial charge in [-0.25, -0.2) is 0 Å². The summed E-state index contributed by atoms with van der Waals surface area (Å²) in [5, 5.41) is 23.5. The number of unbranched alkanes of at least 4 members (excludes halogenated alkanes) is 3. The molecule has 37 heavy (non-hydrogen) atoms. The highest BCUT2D eigenvalue weighted by Crippen LogP contribution is 2.36. The first-order chi connectivity index (χ1) is 17.1. The first-order valence-electron chi connectivity index (χ1n) is 13.4. The molecule has 0 heterocycles. The van der Waals surface area contributed by atoms with Crippen LogP contribution >= 0.6 is 36.6 Å². The van der Waals surface area contributed by atoms with Gasteiger partial charge in [-0.15, -0.1) is 36.6 Å². The van der Waals surface area contributed by atoms with E-state index in [0.717, 1.165) is 68.9 Å². The maximum absolute atomic E-state index is 10.2. The molecule has 0 aromatic heterocycles. The number of nitrogens with one attached hydrogen (secondary N) is 1. The summed E-state index contributed by atoms with van der Waals surface area (Å²) in [5.74, 6) is 2.17. The minimum atomic E-state index is 0. The smallest absolute Gasteiger partial charge is 0.160 e. The summed E-state index contributed by atoms with van der Waals surface area (Å²) in [5.41, 5.74) is 2.15. The summed E-state index contributed by atoms with van der Waals surface area (Å²) < 4.78 is 5.42. The Hall–Kier alpha value is -1.31. The van der Waals surface area contributed by atoms with Gasteiger partial charge in [-0.2, -0.15) is 0 Å². The Kier molecular flexibility index (Phi) is 17.2. The average molecular weight is 574 g/mol. The molecule has 0 fully saturated rings. The summed E-state index contributed by atoms with van der Waals surface area (Å²) in [6.07, 6.45) is 10.3. The second kappa shape index (κ2) is 18.9. The number of para-hydroxylation sites is 1. The van der Waals surface area contributed by atoms with Crippen LogP contribution in [-0.2, 0) is 12.8 Å². The lowest BCUT2D eigenvalue weighted by molar-refractivity contribution is 0.175.